The number of nitrogens with one attached hydrogen (secondary N) is 1. The molecule has 0 heterocycles. The summed E-state index contributed by atoms with van der Waals surface area (Å²) in [7, 11) is 2.15. The molecule has 0 saturated heterocycles. The van der Waals surface area contributed by atoms with Crippen molar-refractivity contribution in [1.29, 1.82) is 0 Å². The molecule has 0 aliphatic heterocycles. The van der Waals surface area contributed by atoms with E-state index in [-0.39, 0.29) is 0 Å². The summed E-state index contributed by atoms with van der Waals surface area (Å²) >= 11 is 0. The minimum atomic E-state index is -0.595. The van der Waals surface area contributed by atoms with Crippen LogP contribution in [0.1, 0.15) is 33.4 Å². The van der Waals surface area contributed by atoms with Crippen molar-refractivity contribution in [2.24, 2.45) is 0 Å². The smallest absolute Gasteiger partial charge is 0.0961 e. The van der Waals surface area contributed by atoms with Gasteiger partial charge in [0, 0.05) is 12.7 Å². The molecule has 0 bridgehead atoms. The number of anilines is 1. The van der Waals surface area contributed by atoms with Crippen molar-refractivity contribution in [2.45, 2.75) is 26.3 Å². The van der Waals surface area contributed by atoms with Crippen molar-refractivity contribution in [1.82, 2.24) is 5.32 Å². The number of aryl methyl sites for hydroxylation is 3. The summed E-state index contributed by atoms with van der Waals surface area (Å²) in [6.07, 6.45) is 0. The Morgan fingerprint density at radius 2 is 1.21 bits per heavy atom. The van der Waals surface area contributed by atoms with E-state index in [2.05, 4.69) is 148 Å². The third-order valence-corrected chi connectivity index (χ3v) is 6.67. The highest BCUT2D eigenvalue weighted by atomic mass is 15.2. The maximum atomic E-state index is 4.68. The highest BCUT2D eigenvalue weighted by Crippen LogP contribution is 2.41. The lowest BCUT2D eigenvalue weighted by Crippen LogP contribution is -2.49. The molecule has 0 aliphatic carbocycles. The summed E-state index contributed by atoms with van der Waals surface area (Å²) in [5.41, 5.74) is 8.93. The third-order valence-electron chi connectivity index (χ3n) is 6.67. The molecule has 4 aromatic carbocycles. The minimum absolute atomic E-state index is 0.595. The largest absolute Gasteiger partial charge is 0.361 e. The van der Waals surface area contributed by atoms with Gasteiger partial charge in [0.05, 0.1) is 12.2 Å². The Labute approximate surface area is 204 Å². The molecule has 0 radical (unpaired) electrons. The number of hydrogen-bond acceptors (Lipinski definition) is 2. The number of benzene rings is 4. The molecule has 34 heavy (non-hydrogen) atoms. The fraction of sp³-hybridized carbons (Fsp3) is 0.188. The number of rotatable bonds is 8. The van der Waals surface area contributed by atoms with Gasteiger partial charge in [-0.1, -0.05) is 115 Å². The van der Waals surface area contributed by atoms with E-state index in [4.69, 9.17) is 0 Å². The van der Waals surface area contributed by atoms with Gasteiger partial charge in [-0.05, 0) is 54.2 Å². The highest BCUT2D eigenvalue weighted by Gasteiger charge is 2.37. The van der Waals surface area contributed by atoms with E-state index in [0.29, 0.717) is 6.67 Å². The molecule has 0 saturated carbocycles. The van der Waals surface area contributed by atoms with Crippen LogP contribution in [0.3, 0.4) is 0 Å². The SMILES string of the molecule is C=C(c1ccc(C)cc1)C(NCN(C)c1c(C)cccc1C)(c1ccccc1)c1ccccc1. The van der Waals surface area contributed by atoms with Crippen molar-refractivity contribution in [3.8, 4) is 0 Å². The van der Waals surface area contributed by atoms with Gasteiger partial charge >= 0.3 is 0 Å². The molecule has 2 nitrogen and oxygen atoms in total. The summed E-state index contributed by atoms with van der Waals surface area (Å²) in [5, 5.41) is 3.96. The molecule has 0 amide bonds. The van der Waals surface area contributed by atoms with Crippen LogP contribution in [-0.4, -0.2) is 13.7 Å². The lowest BCUT2D eigenvalue weighted by atomic mass is 9.74. The first-order chi connectivity index (χ1) is 16.4. The van der Waals surface area contributed by atoms with Crippen LogP contribution in [0.25, 0.3) is 5.57 Å². The minimum Gasteiger partial charge on any atom is -0.361 e. The van der Waals surface area contributed by atoms with Crippen LogP contribution in [0.5, 0.6) is 0 Å². The van der Waals surface area contributed by atoms with E-state index in [1.165, 1.54) is 33.5 Å². The molecular weight excluding hydrogens is 412 g/mol. The van der Waals surface area contributed by atoms with E-state index in [1.807, 2.05) is 0 Å². The Balaban J connectivity index is 1.84. The maximum absolute atomic E-state index is 4.68. The van der Waals surface area contributed by atoms with E-state index in [9.17, 15) is 0 Å². The molecule has 172 valence electrons. The first-order valence-electron chi connectivity index (χ1n) is 11.8. The van der Waals surface area contributed by atoms with Crippen LogP contribution in [-0.2, 0) is 5.54 Å². The zero-order valence-corrected chi connectivity index (χ0v) is 20.7. The average Bonchev–Trinajstić information content (AvgIpc) is 2.86. The zero-order chi connectivity index (χ0) is 24.1. The Bertz CT molecular complexity index is 1180. The predicted molar refractivity (Wildman–Crippen MR) is 146 cm³/mol. The Hall–Kier alpha value is -3.62. The van der Waals surface area contributed by atoms with Gasteiger partial charge in [-0.3, -0.25) is 5.32 Å². The van der Waals surface area contributed by atoms with Crippen molar-refractivity contribution >= 4 is 11.3 Å². The fourth-order valence-electron chi connectivity index (χ4n) is 4.90. The molecule has 2 heteroatoms. The van der Waals surface area contributed by atoms with E-state index in [0.717, 1.165) is 11.1 Å². The molecular formula is C32H34N2. The Kier molecular flexibility index (Phi) is 7.00. The third kappa shape index (κ3) is 4.55. The second-order valence-electron chi connectivity index (χ2n) is 9.10. The van der Waals surface area contributed by atoms with Crippen LogP contribution in [0.15, 0.2) is 110 Å². The average molecular weight is 447 g/mol. The first-order valence-corrected chi connectivity index (χ1v) is 11.8. The van der Waals surface area contributed by atoms with Crippen LogP contribution in [0.2, 0.25) is 0 Å². The van der Waals surface area contributed by atoms with Crippen molar-refractivity contribution in [2.75, 3.05) is 18.6 Å². The van der Waals surface area contributed by atoms with Gasteiger partial charge in [0.1, 0.15) is 0 Å². The van der Waals surface area contributed by atoms with Crippen LogP contribution >= 0.6 is 0 Å². The number of hydrogen-bond donors (Lipinski definition) is 1. The standard InChI is InChI=1S/C32H34N2/c1-24-19-21-28(22-20-24)27(4)32(29-15-8-6-9-16-29,30-17-10-7-11-18-30)33-23-34(5)31-25(2)13-12-14-26(31)3/h6-22,33H,4,23H2,1-3,5H3. The molecule has 0 unspecified atom stereocenters. The lowest BCUT2D eigenvalue weighted by molar-refractivity contribution is 0.505. The summed E-state index contributed by atoms with van der Waals surface area (Å²) in [6.45, 7) is 11.8. The molecule has 4 rings (SSSR count). The summed E-state index contributed by atoms with van der Waals surface area (Å²) in [4.78, 5) is 2.30. The molecule has 4 aromatic rings. The van der Waals surface area contributed by atoms with Gasteiger partial charge in [-0.2, -0.15) is 0 Å². The second kappa shape index (κ2) is 10.1. The van der Waals surface area contributed by atoms with Gasteiger partial charge < -0.3 is 4.90 Å². The lowest BCUT2D eigenvalue weighted by Gasteiger charge is -2.40. The van der Waals surface area contributed by atoms with Crippen LogP contribution in [0, 0.1) is 20.8 Å². The predicted octanol–water partition coefficient (Wildman–Crippen LogP) is 7.25. The fourth-order valence-corrected chi connectivity index (χ4v) is 4.90. The quantitative estimate of drug-likeness (QED) is 0.287. The van der Waals surface area contributed by atoms with Crippen molar-refractivity contribution in [3.05, 3.63) is 143 Å². The normalized spacial score (nSPS) is 11.3. The second-order valence-corrected chi connectivity index (χ2v) is 9.10. The van der Waals surface area contributed by atoms with Crippen molar-refractivity contribution < 1.29 is 0 Å². The first kappa shape index (κ1) is 23.5. The molecule has 1 N–H and O–H groups in total. The van der Waals surface area contributed by atoms with E-state index in [1.54, 1.807) is 0 Å². The van der Waals surface area contributed by atoms with Crippen LogP contribution in [0.4, 0.5) is 5.69 Å². The van der Waals surface area contributed by atoms with Gasteiger partial charge in [-0.25, -0.2) is 0 Å². The molecule has 0 spiro atoms. The molecule has 0 aromatic heterocycles. The summed E-state index contributed by atoms with van der Waals surface area (Å²) in [6, 6.07) is 36.4. The Morgan fingerprint density at radius 3 is 1.71 bits per heavy atom. The van der Waals surface area contributed by atoms with E-state index >= 15 is 0 Å². The van der Waals surface area contributed by atoms with Crippen LogP contribution < -0.4 is 10.2 Å². The van der Waals surface area contributed by atoms with Gasteiger partial charge in [0.25, 0.3) is 0 Å². The van der Waals surface area contributed by atoms with E-state index < -0.39 is 5.54 Å². The molecule has 0 atom stereocenters. The maximum Gasteiger partial charge on any atom is 0.0961 e. The number of para-hydroxylation sites is 1. The Morgan fingerprint density at radius 1 is 0.706 bits per heavy atom. The molecule has 0 fully saturated rings. The van der Waals surface area contributed by atoms with Crippen molar-refractivity contribution in [3.63, 3.8) is 0 Å². The summed E-state index contributed by atoms with van der Waals surface area (Å²) in [5.74, 6) is 0. The molecule has 0 aliphatic rings. The van der Waals surface area contributed by atoms with Gasteiger partial charge in [-0.15, -0.1) is 0 Å². The zero-order valence-electron chi connectivity index (χ0n) is 20.7. The summed E-state index contributed by atoms with van der Waals surface area (Å²) < 4.78 is 0. The highest BCUT2D eigenvalue weighted by molar-refractivity contribution is 5.78. The number of nitrogens with zero attached hydrogens (tertiary/aromatic N) is 1. The monoisotopic (exact) mass is 446 g/mol. The van der Waals surface area contributed by atoms with Gasteiger partial charge in [0.15, 0.2) is 0 Å². The van der Waals surface area contributed by atoms with Gasteiger partial charge in [0.2, 0.25) is 0 Å². The topological polar surface area (TPSA) is 15.3 Å².